The lowest BCUT2D eigenvalue weighted by Crippen LogP contribution is -2.36. The summed E-state index contributed by atoms with van der Waals surface area (Å²) in [6.07, 6.45) is 3.82. The Labute approximate surface area is 114 Å². The van der Waals surface area contributed by atoms with Crippen LogP contribution in [0.15, 0.2) is 12.1 Å². The molecule has 0 amide bonds. The highest BCUT2D eigenvalue weighted by atomic mass is 32.1. The van der Waals surface area contributed by atoms with Crippen LogP contribution in [-0.2, 0) is 0 Å². The van der Waals surface area contributed by atoms with E-state index in [0.29, 0.717) is 4.99 Å². The molecule has 2 rings (SSSR count). The number of nitrogens with zero attached hydrogens (tertiary/aromatic N) is 2. The smallest absolute Gasteiger partial charge is 0.129 e. The minimum atomic E-state index is 0.450. The Kier molecular flexibility index (Phi) is 4.17. The van der Waals surface area contributed by atoms with Crippen molar-refractivity contribution in [1.82, 2.24) is 4.98 Å². The predicted octanol–water partition coefficient (Wildman–Crippen LogP) is 2.65. The summed E-state index contributed by atoms with van der Waals surface area (Å²) in [6, 6.07) is 3.97. The lowest BCUT2D eigenvalue weighted by Gasteiger charge is -2.33. The van der Waals surface area contributed by atoms with Gasteiger partial charge in [-0.3, -0.25) is 0 Å². The average molecular weight is 263 g/mol. The molecule has 0 radical (unpaired) electrons. The SMILES string of the molecule is CCC1CCCN(c2cc(C(N)=S)cc(C)n2)C1. The summed E-state index contributed by atoms with van der Waals surface area (Å²) in [6.45, 7) is 6.44. The largest absolute Gasteiger partial charge is 0.389 e. The van der Waals surface area contributed by atoms with Gasteiger partial charge in [0, 0.05) is 24.3 Å². The molecule has 3 nitrogen and oxygen atoms in total. The number of anilines is 1. The molecule has 0 saturated carbocycles. The number of hydrogen-bond donors (Lipinski definition) is 1. The Balaban J connectivity index is 2.24. The average Bonchev–Trinajstić information content (AvgIpc) is 2.38. The lowest BCUT2D eigenvalue weighted by atomic mass is 9.95. The molecule has 18 heavy (non-hydrogen) atoms. The zero-order valence-electron chi connectivity index (χ0n) is 11.1. The molecule has 1 saturated heterocycles. The number of pyridine rings is 1. The van der Waals surface area contributed by atoms with Crippen LogP contribution in [0.2, 0.25) is 0 Å². The van der Waals surface area contributed by atoms with Crippen LogP contribution in [0.5, 0.6) is 0 Å². The van der Waals surface area contributed by atoms with Crippen LogP contribution >= 0.6 is 12.2 Å². The Morgan fingerprint density at radius 3 is 3.00 bits per heavy atom. The van der Waals surface area contributed by atoms with Crippen LogP contribution in [0.4, 0.5) is 5.82 Å². The van der Waals surface area contributed by atoms with E-state index in [1.165, 1.54) is 19.3 Å². The van der Waals surface area contributed by atoms with Crippen LogP contribution in [-0.4, -0.2) is 23.1 Å². The summed E-state index contributed by atoms with van der Waals surface area (Å²) in [7, 11) is 0. The van der Waals surface area contributed by atoms with Crippen molar-refractivity contribution in [2.24, 2.45) is 11.7 Å². The Morgan fingerprint density at radius 2 is 2.33 bits per heavy atom. The van der Waals surface area contributed by atoms with E-state index < -0.39 is 0 Å². The maximum atomic E-state index is 5.72. The summed E-state index contributed by atoms with van der Waals surface area (Å²) in [5.41, 5.74) is 7.62. The first kappa shape index (κ1) is 13.3. The molecule has 1 aliphatic heterocycles. The van der Waals surface area contributed by atoms with E-state index in [9.17, 15) is 0 Å². The van der Waals surface area contributed by atoms with Crippen molar-refractivity contribution in [2.75, 3.05) is 18.0 Å². The lowest BCUT2D eigenvalue weighted by molar-refractivity contribution is 0.403. The van der Waals surface area contributed by atoms with Gasteiger partial charge in [-0.2, -0.15) is 0 Å². The number of aromatic nitrogens is 1. The van der Waals surface area contributed by atoms with E-state index in [4.69, 9.17) is 18.0 Å². The second-order valence-electron chi connectivity index (χ2n) is 5.08. The number of piperidine rings is 1. The first-order valence-electron chi connectivity index (χ1n) is 6.63. The van der Waals surface area contributed by atoms with Gasteiger partial charge in [-0.1, -0.05) is 25.6 Å². The first-order chi connectivity index (χ1) is 8.60. The highest BCUT2D eigenvalue weighted by Gasteiger charge is 2.20. The van der Waals surface area contributed by atoms with Crippen LogP contribution in [0, 0.1) is 12.8 Å². The minimum Gasteiger partial charge on any atom is -0.389 e. The molecule has 0 spiro atoms. The molecular formula is C14H21N3S. The fourth-order valence-electron chi connectivity index (χ4n) is 2.56. The number of aryl methyl sites for hydroxylation is 1. The molecule has 0 aliphatic carbocycles. The summed E-state index contributed by atoms with van der Waals surface area (Å²) in [5.74, 6) is 1.81. The number of hydrogen-bond acceptors (Lipinski definition) is 3. The van der Waals surface area contributed by atoms with Crippen molar-refractivity contribution in [1.29, 1.82) is 0 Å². The molecule has 2 N–H and O–H groups in total. The van der Waals surface area contributed by atoms with Gasteiger partial charge in [-0.05, 0) is 37.8 Å². The van der Waals surface area contributed by atoms with E-state index in [-0.39, 0.29) is 0 Å². The second kappa shape index (κ2) is 5.65. The van der Waals surface area contributed by atoms with Gasteiger partial charge in [0.1, 0.15) is 10.8 Å². The number of thiocarbonyl (C=S) groups is 1. The van der Waals surface area contributed by atoms with Gasteiger partial charge in [0.15, 0.2) is 0 Å². The molecule has 1 fully saturated rings. The minimum absolute atomic E-state index is 0.450. The molecule has 1 aromatic rings. The van der Waals surface area contributed by atoms with E-state index in [2.05, 4.69) is 16.8 Å². The molecule has 0 bridgehead atoms. The van der Waals surface area contributed by atoms with Gasteiger partial charge in [-0.15, -0.1) is 0 Å². The summed E-state index contributed by atoms with van der Waals surface area (Å²) >= 11 is 5.06. The Morgan fingerprint density at radius 1 is 1.56 bits per heavy atom. The molecule has 1 aromatic heterocycles. The van der Waals surface area contributed by atoms with E-state index in [1.54, 1.807) is 0 Å². The van der Waals surface area contributed by atoms with Crippen LogP contribution in [0.1, 0.15) is 37.4 Å². The number of rotatable bonds is 3. The number of nitrogens with two attached hydrogens (primary N) is 1. The summed E-state index contributed by atoms with van der Waals surface area (Å²) < 4.78 is 0. The van der Waals surface area contributed by atoms with Gasteiger partial charge in [0.05, 0.1) is 0 Å². The maximum Gasteiger partial charge on any atom is 0.129 e. The highest BCUT2D eigenvalue weighted by Crippen LogP contribution is 2.24. The zero-order chi connectivity index (χ0) is 13.1. The predicted molar refractivity (Wildman–Crippen MR) is 80.1 cm³/mol. The van der Waals surface area contributed by atoms with E-state index >= 15 is 0 Å². The van der Waals surface area contributed by atoms with Gasteiger partial charge in [0.25, 0.3) is 0 Å². The van der Waals surface area contributed by atoms with Crippen molar-refractivity contribution in [3.63, 3.8) is 0 Å². The fraction of sp³-hybridized carbons (Fsp3) is 0.571. The van der Waals surface area contributed by atoms with Crippen LogP contribution in [0.25, 0.3) is 0 Å². The second-order valence-corrected chi connectivity index (χ2v) is 5.52. The van der Waals surface area contributed by atoms with E-state index in [0.717, 1.165) is 36.1 Å². The molecule has 4 heteroatoms. The molecule has 1 unspecified atom stereocenters. The summed E-state index contributed by atoms with van der Waals surface area (Å²) in [4.78, 5) is 7.44. The maximum absolute atomic E-state index is 5.72. The van der Waals surface area contributed by atoms with Crippen molar-refractivity contribution in [3.05, 3.63) is 23.4 Å². The van der Waals surface area contributed by atoms with Crippen molar-refractivity contribution in [2.45, 2.75) is 33.1 Å². The van der Waals surface area contributed by atoms with Gasteiger partial charge < -0.3 is 10.6 Å². The van der Waals surface area contributed by atoms with Crippen LogP contribution < -0.4 is 10.6 Å². The van der Waals surface area contributed by atoms with Gasteiger partial charge in [-0.25, -0.2) is 4.98 Å². The third-order valence-electron chi connectivity index (χ3n) is 3.64. The molecule has 98 valence electrons. The topological polar surface area (TPSA) is 42.1 Å². The van der Waals surface area contributed by atoms with Gasteiger partial charge >= 0.3 is 0 Å². The third-order valence-corrected chi connectivity index (χ3v) is 3.88. The highest BCUT2D eigenvalue weighted by molar-refractivity contribution is 7.80. The molecule has 2 heterocycles. The summed E-state index contributed by atoms with van der Waals surface area (Å²) in [5, 5.41) is 0. The fourth-order valence-corrected chi connectivity index (χ4v) is 2.68. The van der Waals surface area contributed by atoms with Crippen LogP contribution in [0.3, 0.4) is 0 Å². The standard InChI is InChI=1S/C14H21N3S/c1-3-11-5-4-6-17(9-11)13-8-12(14(15)18)7-10(2)16-13/h7-8,11H,3-6,9H2,1-2H3,(H2,15,18). The van der Waals surface area contributed by atoms with Gasteiger partial charge in [0.2, 0.25) is 0 Å². The van der Waals surface area contributed by atoms with Crippen molar-refractivity contribution < 1.29 is 0 Å². The first-order valence-corrected chi connectivity index (χ1v) is 7.04. The Hall–Kier alpha value is -1.16. The van der Waals surface area contributed by atoms with Crippen molar-refractivity contribution >= 4 is 23.0 Å². The monoisotopic (exact) mass is 263 g/mol. The quantitative estimate of drug-likeness (QED) is 0.851. The molecular weight excluding hydrogens is 242 g/mol. The van der Waals surface area contributed by atoms with E-state index in [1.807, 2.05) is 19.1 Å². The zero-order valence-corrected chi connectivity index (χ0v) is 12.0. The third kappa shape index (κ3) is 2.99. The molecule has 1 atom stereocenters. The van der Waals surface area contributed by atoms with Crippen molar-refractivity contribution in [3.8, 4) is 0 Å². The molecule has 1 aliphatic rings. The normalized spacial score (nSPS) is 19.9. The Bertz CT molecular complexity index is 445. The molecule has 0 aromatic carbocycles.